The van der Waals surface area contributed by atoms with Gasteiger partial charge >= 0.3 is 5.69 Å². The van der Waals surface area contributed by atoms with Gasteiger partial charge in [-0.2, -0.15) is 0 Å². The van der Waals surface area contributed by atoms with Gasteiger partial charge < -0.3 is 4.74 Å². The number of hydrogen-bond acceptors (Lipinski definition) is 4. The molecule has 2 aromatic rings. The predicted octanol–water partition coefficient (Wildman–Crippen LogP) is 2.20. The maximum absolute atomic E-state index is 12.9. The minimum Gasteiger partial charge on any atom is -0.482 e. The van der Waals surface area contributed by atoms with Crippen LogP contribution in [-0.4, -0.2) is 14.9 Å². The molecule has 1 aromatic carbocycles. The number of fused-ring (bicyclic) bond motifs is 5. The Kier molecular flexibility index (Phi) is 3.10. The van der Waals surface area contributed by atoms with Gasteiger partial charge in [-0.1, -0.05) is 6.07 Å². The Morgan fingerprint density at radius 1 is 1.17 bits per heavy atom. The Hall–Kier alpha value is -1.95. The van der Waals surface area contributed by atoms with E-state index in [9.17, 15) is 9.59 Å². The van der Waals surface area contributed by atoms with E-state index in [-0.39, 0.29) is 17.2 Å². The first kappa shape index (κ1) is 15.6. The molecule has 0 saturated heterocycles. The molecule has 6 heteroatoms. The highest BCUT2D eigenvalue weighted by Gasteiger charge is 2.52. The van der Waals surface area contributed by atoms with Crippen LogP contribution in [0, 0.1) is 13.8 Å². The second-order valence-corrected chi connectivity index (χ2v) is 7.94. The Balaban J connectivity index is 2.02. The molecule has 0 radical (unpaired) electrons. The lowest BCUT2D eigenvalue weighted by Crippen LogP contribution is -2.49. The Labute approximate surface area is 144 Å². The van der Waals surface area contributed by atoms with Crippen molar-refractivity contribution in [2.45, 2.75) is 37.3 Å². The van der Waals surface area contributed by atoms with Gasteiger partial charge in [-0.3, -0.25) is 13.9 Å². The summed E-state index contributed by atoms with van der Waals surface area (Å²) in [5.41, 5.74) is 2.88. The molecule has 0 amide bonds. The number of aryl methyl sites for hydroxylation is 2. The van der Waals surface area contributed by atoms with Gasteiger partial charge in [0.25, 0.3) is 5.56 Å². The summed E-state index contributed by atoms with van der Waals surface area (Å²) in [6.45, 7) is 6.14. The molecule has 5 nitrogen and oxygen atoms in total. The van der Waals surface area contributed by atoms with E-state index in [0.29, 0.717) is 5.56 Å². The smallest absolute Gasteiger partial charge is 0.331 e. The fourth-order valence-electron chi connectivity index (χ4n) is 3.82. The van der Waals surface area contributed by atoms with Gasteiger partial charge in [-0.25, -0.2) is 4.79 Å². The zero-order valence-electron chi connectivity index (χ0n) is 14.5. The van der Waals surface area contributed by atoms with E-state index < -0.39 is 5.60 Å². The van der Waals surface area contributed by atoms with Gasteiger partial charge in [-0.15, -0.1) is 11.8 Å². The molecule has 126 valence electrons. The standard InChI is InChI=1S/C18H20N2O3S/c1-9-6-11-12-8-24-16-14(15(21)19(4)17(22)20(16)5)18(12,3)23-13(11)7-10(9)2/h6-7,12H,8H2,1-5H3. The lowest BCUT2D eigenvalue weighted by Gasteiger charge is -2.36. The van der Waals surface area contributed by atoms with E-state index >= 15 is 0 Å². The van der Waals surface area contributed by atoms with Crippen LogP contribution in [0.25, 0.3) is 0 Å². The summed E-state index contributed by atoms with van der Waals surface area (Å²) in [6.07, 6.45) is 0. The predicted molar refractivity (Wildman–Crippen MR) is 94.3 cm³/mol. The highest BCUT2D eigenvalue weighted by molar-refractivity contribution is 7.99. The summed E-state index contributed by atoms with van der Waals surface area (Å²) in [7, 11) is 3.24. The maximum atomic E-state index is 12.9. The summed E-state index contributed by atoms with van der Waals surface area (Å²) < 4.78 is 9.09. The highest BCUT2D eigenvalue weighted by atomic mass is 32.2. The molecule has 0 aliphatic carbocycles. The van der Waals surface area contributed by atoms with E-state index in [4.69, 9.17) is 4.74 Å². The second-order valence-electron chi connectivity index (χ2n) is 6.93. The molecule has 4 rings (SSSR count). The summed E-state index contributed by atoms with van der Waals surface area (Å²) in [4.78, 5) is 25.1. The van der Waals surface area contributed by atoms with Gasteiger partial charge in [-0.05, 0) is 38.0 Å². The average Bonchev–Trinajstić information content (AvgIpc) is 2.81. The molecule has 0 fully saturated rings. The number of rotatable bonds is 0. The molecule has 3 heterocycles. The number of nitrogens with zero attached hydrogens (tertiary/aromatic N) is 2. The fourth-order valence-corrected chi connectivity index (χ4v) is 5.35. The first-order valence-electron chi connectivity index (χ1n) is 7.99. The largest absolute Gasteiger partial charge is 0.482 e. The van der Waals surface area contributed by atoms with Crippen LogP contribution in [0.4, 0.5) is 0 Å². The summed E-state index contributed by atoms with van der Waals surface area (Å²) in [6, 6.07) is 4.24. The average molecular weight is 344 g/mol. The minimum absolute atomic E-state index is 0.106. The van der Waals surface area contributed by atoms with E-state index in [1.54, 1.807) is 23.4 Å². The van der Waals surface area contributed by atoms with Crippen LogP contribution in [0.3, 0.4) is 0 Å². The monoisotopic (exact) mass is 344 g/mol. The molecule has 1 aromatic heterocycles. The molecule has 2 aliphatic rings. The molecule has 24 heavy (non-hydrogen) atoms. The molecule has 2 atom stereocenters. The topological polar surface area (TPSA) is 53.2 Å². The summed E-state index contributed by atoms with van der Waals surface area (Å²) >= 11 is 1.57. The first-order chi connectivity index (χ1) is 11.3. The third-order valence-electron chi connectivity index (χ3n) is 5.48. The fraction of sp³-hybridized carbons (Fsp3) is 0.444. The second kappa shape index (κ2) is 4.79. The third kappa shape index (κ3) is 1.77. The van der Waals surface area contributed by atoms with Crippen molar-refractivity contribution in [2.24, 2.45) is 14.1 Å². The van der Waals surface area contributed by atoms with Crippen molar-refractivity contribution in [1.29, 1.82) is 0 Å². The van der Waals surface area contributed by atoms with Crippen LogP contribution in [-0.2, 0) is 19.7 Å². The molecule has 2 unspecified atom stereocenters. The lowest BCUT2D eigenvalue weighted by atomic mass is 9.81. The van der Waals surface area contributed by atoms with Gasteiger partial charge in [0.1, 0.15) is 11.4 Å². The molecule has 0 saturated carbocycles. The Morgan fingerprint density at radius 2 is 1.83 bits per heavy atom. The SMILES string of the molecule is Cc1cc2c(cc1C)C1CSc3c(c(=O)n(C)c(=O)n3C)C1(C)O2. The molecule has 0 spiro atoms. The number of benzene rings is 1. The number of hydrogen-bond donors (Lipinski definition) is 0. The first-order valence-corrected chi connectivity index (χ1v) is 8.97. The zero-order chi connectivity index (χ0) is 17.4. The van der Waals surface area contributed by atoms with E-state index in [1.165, 1.54) is 22.7 Å². The number of aromatic nitrogens is 2. The van der Waals surface area contributed by atoms with Gasteiger partial charge in [0, 0.05) is 31.3 Å². The van der Waals surface area contributed by atoms with Crippen LogP contribution in [0.2, 0.25) is 0 Å². The third-order valence-corrected chi connectivity index (χ3v) is 6.73. The van der Waals surface area contributed by atoms with Crippen molar-refractivity contribution in [1.82, 2.24) is 9.13 Å². The Bertz CT molecular complexity index is 1000. The van der Waals surface area contributed by atoms with Gasteiger partial charge in [0.15, 0.2) is 0 Å². The summed E-state index contributed by atoms with van der Waals surface area (Å²) in [5.74, 6) is 1.75. The zero-order valence-corrected chi connectivity index (χ0v) is 15.3. The van der Waals surface area contributed by atoms with Crippen molar-refractivity contribution in [3.05, 3.63) is 55.2 Å². The Morgan fingerprint density at radius 3 is 2.54 bits per heavy atom. The molecule has 0 bridgehead atoms. The normalized spacial score (nSPS) is 24.1. The van der Waals surface area contributed by atoms with Crippen LogP contribution in [0.1, 0.15) is 35.1 Å². The van der Waals surface area contributed by atoms with E-state index in [1.807, 2.05) is 6.92 Å². The van der Waals surface area contributed by atoms with E-state index in [2.05, 4.69) is 26.0 Å². The van der Waals surface area contributed by atoms with Crippen LogP contribution in [0.15, 0.2) is 26.7 Å². The molecular weight excluding hydrogens is 324 g/mol. The van der Waals surface area contributed by atoms with Crippen molar-refractivity contribution in [2.75, 3.05) is 5.75 Å². The van der Waals surface area contributed by atoms with Gasteiger partial charge in [0.2, 0.25) is 0 Å². The van der Waals surface area contributed by atoms with Crippen LogP contribution < -0.4 is 16.0 Å². The van der Waals surface area contributed by atoms with Crippen molar-refractivity contribution < 1.29 is 4.74 Å². The molecule has 0 N–H and O–H groups in total. The number of thioether (sulfide) groups is 1. The highest BCUT2D eigenvalue weighted by Crippen LogP contribution is 2.55. The van der Waals surface area contributed by atoms with Crippen molar-refractivity contribution in [3.8, 4) is 5.75 Å². The van der Waals surface area contributed by atoms with Crippen molar-refractivity contribution in [3.63, 3.8) is 0 Å². The number of ether oxygens (including phenoxy) is 1. The quantitative estimate of drug-likeness (QED) is 0.688. The minimum atomic E-state index is -0.733. The molecule has 2 aliphatic heterocycles. The summed E-state index contributed by atoms with van der Waals surface area (Å²) in [5, 5.41) is 0.725. The maximum Gasteiger partial charge on any atom is 0.331 e. The lowest BCUT2D eigenvalue weighted by molar-refractivity contribution is 0.0840. The van der Waals surface area contributed by atoms with E-state index in [0.717, 1.165) is 22.1 Å². The van der Waals surface area contributed by atoms with Crippen LogP contribution >= 0.6 is 11.8 Å². The molecular formula is C18H20N2O3S. The van der Waals surface area contributed by atoms with Crippen LogP contribution in [0.5, 0.6) is 5.75 Å². The van der Waals surface area contributed by atoms with Crippen molar-refractivity contribution >= 4 is 11.8 Å². The van der Waals surface area contributed by atoms with Gasteiger partial charge in [0.05, 0.1) is 10.6 Å².